The van der Waals surface area contributed by atoms with E-state index in [1.54, 1.807) is 13.0 Å². The summed E-state index contributed by atoms with van der Waals surface area (Å²) in [7, 11) is 0. The van der Waals surface area contributed by atoms with E-state index >= 15 is 0 Å². The largest absolute Gasteiger partial charge is 0.306 e. The minimum absolute atomic E-state index is 0.157. The van der Waals surface area contributed by atoms with E-state index in [-0.39, 0.29) is 11.9 Å². The van der Waals surface area contributed by atoms with Gasteiger partial charge in [0.25, 0.3) is 0 Å². The van der Waals surface area contributed by atoms with Crippen molar-refractivity contribution >= 4 is 11.6 Å². The summed E-state index contributed by atoms with van der Waals surface area (Å²) in [6.07, 6.45) is 0. The van der Waals surface area contributed by atoms with Crippen LogP contribution in [0.2, 0.25) is 5.02 Å². The highest BCUT2D eigenvalue weighted by Gasteiger charge is 2.18. The Morgan fingerprint density at radius 2 is 1.90 bits per heavy atom. The Morgan fingerprint density at radius 3 is 2.55 bits per heavy atom. The molecule has 2 rings (SSSR count). The van der Waals surface area contributed by atoms with Gasteiger partial charge in [-0.15, -0.1) is 0 Å². The van der Waals surface area contributed by atoms with Gasteiger partial charge in [0, 0.05) is 10.6 Å². The highest BCUT2D eigenvalue weighted by atomic mass is 35.5. The number of nitrogens with one attached hydrogen (secondary N) is 1. The van der Waals surface area contributed by atoms with Crippen molar-refractivity contribution in [3.63, 3.8) is 0 Å². The van der Waals surface area contributed by atoms with Crippen LogP contribution in [0.25, 0.3) is 0 Å². The molecule has 3 heteroatoms. The van der Waals surface area contributed by atoms with Crippen molar-refractivity contribution in [2.45, 2.75) is 26.8 Å². The van der Waals surface area contributed by atoms with Crippen molar-refractivity contribution in [2.75, 3.05) is 6.54 Å². The van der Waals surface area contributed by atoms with E-state index in [0.717, 1.165) is 17.7 Å². The van der Waals surface area contributed by atoms with Crippen molar-refractivity contribution in [3.05, 3.63) is 69.5 Å². The van der Waals surface area contributed by atoms with Gasteiger partial charge in [0.15, 0.2) is 0 Å². The van der Waals surface area contributed by atoms with Gasteiger partial charge < -0.3 is 5.32 Å². The number of hydrogen-bond acceptors (Lipinski definition) is 1. The normalized spacial score (nSPS) is 12.4. The summed E-state index contributed by atoms with van der Waals surface area (Å²) < 4.78 is 14.4. The first-order chi connectivity index (χ1) is 9.54. The fraction of sp³-hybridized carbons (Fsp3) is 0.294. The molecule has 20 heavy (non-hydrogen) atoms. The van der Waals surface area contributed by atoms with Crippen molar-refractivity contribution in [2.24, 2.45) is 0 Å². The highest BCUT2D eigenvalue weighted by molar-refractivity contribution is 6.31. The van der Waals surface area contributed by atoms with Gasteiger partial charge in [-0.1, -0.05) is 48.9 Å². The summed E-state index contributed by atoms with van der Waals surface area (Å²) in [6.45, 7) is 6.51. The molecule has 0 heterocycles. The maximum Gasteiger partial charge on any atom is 0.131 e. The Kier molecular flexibility index (Phi) is 4.79. The summed E-state index contributed by atoms with van der Waals surface area (Å²) in [5, 5.41) is 4.04. The van der Waals surface area contributed by atoms with E-state index in [9.17, 15) is 4.39 Å². The Bertz CT molecular complexity index is 610. The number of halogens is 2. The Morgan fingerprint density at radius 1 is 1.15 bits per heavy atom. The molecule has 0 aliphatic carbocycles. The van der Waals surface area contributed by atoms with Crippen LogP contribution in [-0.2, 0) is 0 Å². The first-order valence-corrected chi connectivity index (χ1v) is 7.16. The number of hydrogen-bond donors (Lipinski definition) is 1. The Labute approximate surface area is 124 Å². The van der Waals surface area contributed by atoms with E-state index in [1.165, 1.54) is 0 Å². The van der Waals surface area contributed by atoms with Crippen LogP contribution >= 0.6 is 11.6 Å². The quantitative estimate of drug-likeness (QED) is 0.853. The van der Waals surface area contributed by atoms with Crippen molar-refractivity contribution in [3.8, 4) is 0 Å². The molecule has 2 aromatic rings. The molecular weight excluding hydrogens is 273 g/mol. The molecule has 1 unspecified atom stereocenters. The summed E-state index contributed by atoms with van der Waals surface area (Å²) in [5.41, 5.74) is 3.32. The van der Waals surface area contributed by atoms with Crippen LogP contribution in [-0.4, -0.2) is 6.54 Å². The zero-order valence-electron chi connectivity index (χ0n) is 12.0. The lowest BCUT2D eigenvalue weighted by molar-refractivity contribution is 0.553. The van der Waals surface area contributed by atoms with Gasteiger partial charge in [-0.05, 0) is 43.1 Å². The zero-order chi connectivity index (χ0) is 14.7. The SMILES string of the molecule is CCNC(c1ccc(C)c(Cl)c1)c1cccc(C)c1F. The predicted molar refractivity (Wildman–Crippen MR) is 82.8 cm³/mol. The average Bonchev–Trinajstić information content (AvgIpc) is 2.43. The predicted octanol–water partition coefficient (Wildman–Crippen LogP) is 4.79. The minimum atomic E-state index is -0.182. The molecule has 0 radical (unpaired) electrons. The molecule has 0 spiro atoms. The molecule has 0 aliphatic rings. The van der Waals surface area contributed by atoms with Gasteiger partial charge in [0.2, 0.25) is 0 Å². The summed E-state index contributed by atoms with van der Waals surface area (Å²) >= 11 is 6.20. The number of rotatable bonds is 4. The third-order valence-corrected chi connectivity index (χ3v) is 3.88. The maximum atomic E-state index is 14.4. The second-order valence-electron chi connectivity index (χ2n) is 4.98. The van der Waals surface area contributed by atoms with E-state index < -0.39 is 0 Å². The maximum absolute atomic E-state index is 14.4. The molecule has 0 saturated carbocycles. The second kappa shape index (κ2) is 6.38. The highest BCUT2D eigenvalue weighted by Crippen LogP contribution is 2.28. The van der Waals surface area contributed by atoms with Gasteiger partial charge in [0.1, 0.15) is 5.82 Å². The van der Waals surface area contributed by atoms with Gasteiger partial charge >= 0.3 is 0 Å². The molecule has 1 N–H and O–H groups in total. The van der Waals surface area contributed by atoms with Gasteiger partial charge in [-0.2, -0.15) is 0 Å². The van der Waals surface area contributed by atoms with Gasteiger partial charge in [-0.3, -0.25) is 0 Å². The summed E-state index contributed by atoms with van der Waals surface area (Å²) in [6, 6.07) is 11.2. The molecule has 106 valence electrons. The van der Waals surface area contributed by atoms with Crippen molar-refractivity contribution < 1.29 is 4.39 Å². The molecule has 0 aliphatic heterocycles. The first kappa shape index (κ1) is 15.0. The molecular formula is C17H19ClFN. The number of benzene rings is 2. The fourth-order valence-corrected chi connectivity index (χ4v) is 2.48. The number of aryl methyl sites for hydroxylation is 2. The van der Waals surface area contributed by atoms with E-state index in [4.69, 9.17) is 11.6 Å². The third-order valence-electron chi connectivity index (χ3n) is 3.47. The molecule has 1 atom stereocenters. The van der Waals surface area contributed by atoms with Gasteiger partial charge in [0.05, 0.1) is 6.04 Å². The van der Waals surface area contributed by atoms with E-state index in [2.05, 4.69) is 5.32 Å². The van der Waals surface area contributed by atoms with Crippen LogP contribution in [0.15, 0.2) is 36.4 Å². The summed E-state index contributed by atoms with van der Waals surface area (Å²) in [5.74, 6) is -0.157. The molecule has 0 fully saturated rings. The molecule has 1 nitrogen and oxygen atoms in total. The van der Waals surface area contributed by atoms with Crippen LogP contribution in [0.5, 0.6) is 0 Å². The third kappa shape index (κ3) is 3.02. The van der Waals surface area contributed by atoms with E-state index in [0.29, 0.717) is 16.1 Å². The Hall–Kier alpha value is -1.38. The fourth-order valence-electron chi connectivity index (χ4n) is 2.29. The van der Waals surface area contributed by atoms with Gasteiger partial charge in [-0.25, -0.2) is 4.39 Å². The Balaban J connectivity index is 2.50. The summed E-state index contributed by atoms with van der Waals surface area (Å²) in [4.78, 5) is 0. The average molecular weight is 292 g/mol. The second-order valence-corrected chi connectivity index (χ2v) is 5.38. The smallest absolute Gasteiger partial charge is 0.131 e. The van der Waals surface area contributed by atoms with Crippen LogP contribution in [0.4, 0.5) is 4.39 Å². The molecule has 0 saturated heterocycles. The standard InChI is InChI=1S/C17H19ClFN/c1-4-20-17(13-9-8-11(2)15(18)10-13)14-7-5-6-12(3)16(14)19/h5-10,17,20H,4H2,1-3H3. The van der Waals surface area contributed by atoms with Crippen LogP contribution in [0.1, 0.15) is 35.2 Å². The van der Waals surface area contributed by atoms with Crippen molar-refractivity contribution in [1.29, 1.82) is 0 Å². The van der Waals surface area contributed by atoms with Crippen LogP contribution in [0.3, 0.4) is 0 Å². The molecule has 0 aromatic heterocycles. The molecule has 0 bridgehead atoms. The minimum Gasteiger partial charge on any atom is -0.306 e. The first-order valence-electron chi connectivity index (χ1n) is 6.79. The van der Waals surface area contributed by atoms with E-state index in [1.807, 2.05) is 44.2 Å². The van der Waals surface area contributed by atoms with Crippen LogP contribution < -0.4 is 5.32 Å². The van der Waals surface area contributed by atoms with Crippen molar-refractivity contribution in [1.82, 2.24) is 5.32 Å². The zero-order valence-corrected chi connectivity index (χ0v) is 12.8. The molecule has 2 aromatic carbocycles. The van der Waals surface area contributed by atoms with Crippen LogP contribution in [0, 0.1) is 19.7 Å². The molecule has 0 amide bonds. The lowest BCUT2D eigenvalue weighted by atomic mass is 9.96. The lowest BCUT2D eigenvalue weighted by Gasteiger charge is -2.21. The monoisotopic (exact) mass is 291 g/mol. The lowest BCUT2D eigenvalue weighted by Crippen LogP contribution is -2.23. The topological polar surface area (TPSA) is 12.0 Å².